The normalized spacial score (nSPS) is 17.2. The maximum Gasteiger partial charge on any atom is 0.259 e. The first-order valence-corrected chi connectivity index (χ1v) is 8.05. The lowest BCUT2D eigenvalue weighted by Crippen LogP contribution is -2.36. The summed E-state index contributed by atoms with van der Waals surface area (Å²) in [5, 5.41) is 13.1. The molecule has 0 unspecified atom stereocenters. The van der Waals surface area contributed by atoms with E-state index >= 15 is 0 Å². The lowest BCUT2D eigenvalue weighted by atomic mass is 9.99. The van der Waals surface area contributed by atoms with Crippen LogP contribution >= 0.6 is 0 Å². The number of hydrogen-bond acceptors (Lipinski definition) is 4. The van der Waals surface area contributed by atoms with E-state index in [2.05, 4.69) is 10.5 Å². The van der Waals surface area contributed by atoms with Crippen molar-refractivity contribution < 1.29 is 14.7 Å². The molecule has 1 aliphatic heterocycles. The van der Waals surface area contributed by atoms with Crippen LogP contribution in [0.3, 0.4) is 0 Å². The van der Waals surface area contributed by atoms with Crippen molar-refractivity contribution in [2.45, 2.75) is 12.3 Å². The molecule has 2 aromatic rings. The number of carbonyl (C=O) groups is 2. The molecule has 6 heteroatoms. The maximum atomic E-state index is 12.1. The van der Waals surface area contributed by atoms with Gasteiger partial charge in [0.25, 0.3) is 5.91 Å². The van der Waals surface area contributed by atoms with Crippen molar-refractivity contribution in [1.29, 1.82) is 0 Å². The van der Waals surface area contributed by atoms with Gasteiger partial charge in [-0.15, -0.1) is 0 Å². The number of aromatic hydroxyl groups is 1. The van der Waals surface area contributed by atoms with E-state index in [1.54, 1.807) is 17.0 Å². The van der Waals surface area contributed by atoms with Gasteiger partial charge < -0.3 is 10.0 Å². The quantitative estimate of drug-likeness (QED) is 0.645. The summed E-state index contributed by atoms with van der Waals surface area (Å²) < 4.78 is 0. The van der Waals surface area contributed by atoms with Crippen LogP contribution in [0.5, 0.6) is 5.75 Å². The zero-order chi connectivity index (χ0) is 17.6. The third-order valence-electron chi connectivity index (χ3n) is 4.12. The molecule has 3 rings (SSSR count). The van der Waals surface area contributed by atoms with Crippen molar-refractivity contribution in [2.24, 2.45) is 5.10 Å². The average Bonchev–Trinajstić information content (AvgIpc) is 2.98. The van der Waals surface area contributed by atoms with Crippen LogP contribution < -0.4 is 5.43 Å². The molecule has 0 aromatic heterocycles. The van der Waals surface area contributed by atoms with Crippen molar-refractivity contribution in [1.82, 2.24) is 10.3 Å². The second-order valence-corrected chi connectivity index (χ2v) is 5.97. The molecule has 1 aliphatic rings. The Hall–Kier alpha value is -3.15. The first kappa shape index (κ1) is 16.7. The Balaban J connectivity index is 1.51. The Kier molecular flexibility index (Phi) is 5.09. The van der Waals surface area contributed by atoms with Gasteiger partial charge in [-0.25, -0.2) is 5.43 Å². The van der Waals surface area contributed by atoms with Gasteiger partial charge in [0.05, 0.1) is 6.21 Å². The van der Waals surface area contributed by atoms with Gasteiger partial charge in [-0.2, -0.15) is 5.10 Å². The van der Waals surface area contributed by atoms with E-state index in [0.29, 0.717) is 13.0 Å². The highest BCUT2D eigenvalue weighted by Crippen LogP contribution is 2.27. The van der Waals surface area contributed by atoms with E-state index in [9.17, 15) is 14.7 Å². The smallest absolute Gasteiger partial charge is 0.259 e. The number of phenolic OH excluding ortho intramolecular Hbond substituents is 1. The minimum atomic E-state index is -0.336. The second-order valence-electron chi connectivity index (χ2n) is 5.97. The van der Waals surface area contributed by atoms with Crippen LogP contribution in [0.2, 0.25) is 0 Å². The van der Waals surface area contributed by atoms with Gasteiger partial charge in [-0.3, -0.25) is 9.59 Å². The standard InChI is InChI=1S/C19H19N3O3/c23-17-8-6-14(7-9-17)11-20-21-18(24)13-22-12-16(10-19(22)25)15-4-2-1-3-5-15/h1-9,11,16,23H,10,12-13H2,(H,21,24)/b20-11-/t16-/m1/s1. The molecule has 2 amide bonds. The van der Waals surface area contributed by atoms with Crippen LogP contribution in [0, 0.1) is 0 Å². The van der Waals surface area contributed by atoms with Crippen molar-refractivity contribution >= 4 is 18.0 Å². The first-order valence-electron chi connectivity index (χ1n) is 8.05. The van der Waals surface area contributed by atoms with E-state index in [4.69, 9.17) is 0 Å². The molecule has 0 saturated carbocycles. The van der Waals surface area contributed by atoms with Gasteiger partial charge in [0.15, 0.2) is 0 Å². The fourth-order valence-electron chi connectivity index (χ4n) is 2.82. The van der Waals surface area contributed by atoms with E-state index in [0.717, 1.165) is 11.1 Å². The van der Waals surface area contributed by atoms with Gasteiger partial charge in [0, 0.05) is 18.9 Å². The zero-order valence-corrected chi connectivity index (χ0v) is 13.6. The number of hydrogen-bond donors (Lipinski definition) is 2. The summed E-state index contributed by atoms with van der Waals surface area (Å²) in [6.45, 7) is 0.535. The second kappa shape index (κ2) is 7.61. The number of carbonyl (C=O) groups excluding carboxylic acids is 2. The summed E-state index contributed by atoms with van der Waals surface area (Å²) in [7, 11) is 0. The molecule has 0 aliphatic carbocycles. The molecule has 0 radical (unpaired) electrons. The molecular weight excluding hydrogens is 318 g/mol. The van der Waals surface area contributed by atoms with Gasteiger partial charge in [0.2, 0.25) is 5.91 Å². The van der Waals surface area contributed by atoms with Gasteiger partial charge >= 0.3 is 0 Å². The van der Waals surface area contributed by atoms with Crippen LogP contribution in [0.1, 0.15) is 23.5 Å². The molecule has 1 fully saturated rings. The van der Waals surface area contributed by atoms with E-state index < -0.39 is 0 Å². The summed E-state index contributed by atoms with van der Waals surface area (Å²) in [5.74, 6) is -0.0627. The first-order chi connectivity index (χ1) is 12.1. The number of nitrogens with zero attached hydrogens (tertiary/aromatic N) is 2. The number of benzene rings is 2. The number of nitrogens with one attached hydrogen (secondary N) is 1. The predicted octanol–water partition coefficient (Wildman–Crippen LogP) is 1.86. The van der Waals surface area contributed by atoms with E-state index in [1.807, 2.05) is 30.3 Å². The molecule has 1 atom stereocenters. The number of amides is 2. The third kappa shape index (κ3) is 4.44. The largest absolute Gasteiger partial charge is 0.508 e. The highest BCUT2D eigenvalue weighted by atomic mass is 16.3. The van der Waals surface area contributed by atoms with Gasteiger partial charge in [-0.1, -0.05) is 30.3 Å². The van der Waals surface area contributed by atoms with Crippen molar-refractivity contribution in [2.75, 3.05) is 13.1 Å². The summed E-state index contributed by atoms with van der Waals surface area (Å²) in [4.78, 5) is 25.6. The molecular formula is C19H19N3O3. The molecule has 2 aromatic carbocycles. The average molecular weight is 337 g/mol. The van der Waals surface area contributed by atoms with Crippen LogP contribution in [0.25, 0.3) is 0 Å². The molecule has 1 saturated heterocycles. The van der Waals surface area contributed by atoms with E-state index in [-0.39, 0.29) is 30.0 Å². The fourth-order valence-corrected chi connectivity index (χ4v) is 2.82. The molecule has 6 nitrogen and oxygen atoms in total. The lowest BCUT2D eigenvalue weighted by Gasteiger charge is -2.15. The molecule has 128 valence electrons. The Morgan fingerprint density at radius 2 is 1.92 bits per heavy atom. The minimum absolute atomic E-state index is 0.00488. The van der Waals surface area contributed by atoms with E-state index in [1.165, 1.54) is 18.3 Å². The number of hydrazone groups is 1. The zero-order valence-electron chi connectivity index (χ0n) is 13.6. The van der Waals surface area contributed by atoms with Gasteiger partial charge in [-0.05, 0) is 35.4 Å². The molecule has 1 heterocycles. The lowest BCUT2D eigenvalue weighted by molar-refractivity contribution is -0.133. The van der Waals surface area contributed by atoms with Gasteiger partial charge in [0.1, 0.15) is 12.3 Å². The van der Waals surface area contributed by atoms with Crippen molar-refractivity contribution in [3.05, 3.63) is 65.7 Å². The summed E-state index contributed by atoms with van der Waals surface area (Å²) >= 11 is 0. The molecule has 0 spiro atoms. The number of rotatable bonds is 5. The Labute approximate surface area is 145 Å². The monoisotopic (exact) mass is 337 g/mol. The highest BCUT2D eigenvalue weighted by Gasteiger charge is 2.31. The Bertz CT molecular complexity index is 772. The van der Waals surface area contributed by atoms with Crippen LogP contribution in [-0.4, -0.2) is 41.1 Å². The van der Waals surface area contributed by atoms with Crippen molar-refractivity contribution in [3.8, 4) is 5.75 Å². The third-order valence-corrected chi connectivity index (χ3v) is 4.12. The van der Waals surface area contributed by atoms with Crippen LogP contribution in [0.15, 0.2) is 59.7 Å². The van der Waals surface area contributed by atoms with Crippen molar-refractivity contribution in [3.63, 3.8) is 0 Å². The topological polar surface area (TPSA) is 82.0 Å². The number of likely N-dealkylation sites (tertiary alicyclic amines) is 1. The maximum absolute atomic E-state index is 12.1. The number of phenols is 1. The SMILES string of the molecule is O=C(CN1C[C@H](c2ccccc2)CC1=O)N/N=C\c1ccc(O)cc1. The molecule has 2 N–H and O–H groups in total. The van der Waals surface area contributed by atoms with Crippen LogP contribution in [-0.2, 0) is 9.59 Å². The highest BCUT2D eigenvalue weighted by molar-refractivity contribution is 5.87. The predicted molar refractivity (Wildman–Crippen MR) is 94.2 cm³/mol. The Morgan fingerprint density at radius 3 is 2.64 bits per heavy atom. The Morgan fingerprint density at radius 1 is 1.20 bits per heavy atom. The summed E-state index contributed by atoms with van der Waals surface area (Å²) in [6.07, 6.45) is 1.91. The van der Waals surface area contributed by atoms with Crippen LogP contribution in [0.4, 0.5) is 0 Å². The fraction of sp³-hybridized carbons (Fsp3) is 0.211. The molecule has 25 heavy (non-hydrogen) atoms. The minimum Gasteiger partial charge on any atom is -0.508 e. The summed E-state index contributed by atoms with van der Waals surface area (Å²) in [6, 6.07) is 16.3. The molecule has 0 bridgehead atoms. The summed E-state index contributed by atoms with van der Waals surface area (Å²) in [5.41, 5.74) is 4.29.